The smallest absolute Gasteiger partial charge is 0.407 e. The van der Waals surface area contributed by atoms with Gasteiger partial charge in [0.2, 0.25) is 5.91 Å². The second-order valence-electron chi connectivity index (χ2n) is 9.40. The standard InChI is InChI=1S/C22H28N4O3/c1-26(22(28)29)11-20-24-18-3-2-16(9-19(18)25-20)23-21(27)10-17-14-5-12-4-13(7-14)8-15(17)6-12/h2-3,9,12-15,17H,4-8,10-11H2,1H3,(H,23,27)(H,24,25)(H,28,29). The summed E-state index contributed by atoms with van der Waals surface area (Å²) in [6.45, 7) is 0.193. The normalized spacial score (nSPS) is 29.9. The molecule has 1 aromatic carbocycles. The minimum Gasteiger partial charge on any atom is -0.465 e. The highest BCUT2D eigenvalue weighted by Gasteiger charge is 2.48. The molecule has 1 heterocycles. The lowest BCUT2D eigenvalue weighted by molar-refractivity contribution is -0.121. The zero-order valence-corrected chi connectivity index (χ0v) is 16.7. The number of fused-ring (bicyclic) bond motifs is 1. The fourth-order valence-corrected chi connectivity index (χ4v) is 6.30. The lowest BCUT2D eigenvalue weighted by Gasteiger charge is -2.54. The third-order valence-corrected chi connectivity index (χ3v) is 7.37. The third kappa shape index (κ3) is 3.58. The molecule has 4 fully saturated rings. The zero-order valence-electron chi connectivity index (χ0n) is 16.7. The van der Waals surface area contributed by atoms with Crippen LogP contribution in [0.1, 0.15) is 44.3 Å². The highest BCUT2D eigenvalue weighted by molar-refractivity contribution is 5.93. The molecule has 4 aliphatic rings. The van der Waals surface area contributed by atoms with Gasteiger partial charge in [0.15, 0.2) is 0 Å². The predicted molar refractivity (Wildman–Crippen MR) is 109 cm³/mol. The van der Waals surface area contributed by atoms with E-state index in [0.717, 1.165) is 40.4 Å². The van der Waals surface area contributed by atoms with Gasteiger partial charge in [0.1, 0.15) is 5.82 Å². The zero-order chi connectivity index (χ0) is 20.1. The number of imidazole rings is 1. The topological polar surface area (TPSA) is 98.3 Å². The number of carbonyl (C=O) groups excluding carboxylic acids is 1. The van der Waals surface area contributed by atoms with Crippen molar-refractivity contribution >= 4 is 28.7 Å². The van der Waals surface area contributed by atoms with E-state index in [1.165, 1.54) is 44.1 Å². The molecule has 0 aliphatic heterocycles. The van der Waals surface area contributed by atoms with E-state index in [1.54, 1.807) is 0 Å². The summed E-state index contributed by atoms with van der Waals surface area (Å²) in [5, 5.41) is 12.1. The lowest BCUT2D eigenvalue weighted by atomic mass is 9.51. The average molecular weight is 396 g/mol. The van der Waals surface area contributed by atoms with Gasteiger partial charge in [0, 0.05) is 19.2 Å². The van der Waals surface area contributed by atoms with Crippen molar-refractivity contribution in [3.8, 4) is 0 Å². The van der Waals surface area contributed by atoms with Crippen LogP contribution in [0.4, 0.5) is 10.5 Å². The van der Waals surface area contributed by atoms with Crippen LogP contribution < -0.4 is 5.32 Å². The Balaban J connectivity index is 1.24. The SMILES string of the molecule is CN(Cc1nc2ccc(NC(=O)CC3C4CC5CC(C4)CC3C5)cc2[nH]1)C(=O)O. The summed E-state index contributed by atoms with van der Waals surface area (Å²) in [4.78, 5) is 32.5. The molecular formula is C22H28N4O3. The van der Waals surface area contributed by atoms with Crippen molar-refractivity contribution in [1.82, 2.24) is 14.9 Å². The number of benzene rings is 1. The minimum absolute atomic E-state index is 0.104. The molecule has 0 atom stereocenters. The number of H-pyrrole nitrogens is 1. The molecule has 29 heavy (non-hydrogen) atoms. The molecule has 6 rings (SSSR count). The van der Waals surface area contributed by atoms with E-state index in [2.05, 4.69) is 15.3 Å². The van der Waals surface area contributed by atoms with Crippen molar-refractivity contribution in [3.63, 3.8) is 0 Å². The van der Waals surface area contributed by atoms with Crippen molar-refractivity contribution in [3.05, 3.63) is 24.0 Å². The Morgan fingerprint density at radius 1 is 1.17 bits per heavy atom. The van der Waals surface area contributed by atoms with Gasteiger partial charge in [-0.3, -0.25) is 4.79 Å². The van der Waals surface area contributed by atoms with E-state index in [9.17, 15) is 9.59 Å². The van der Waals surface area contributed by atoms with E-state index in [0.29, 0.717) is 18.2 Å². The van der Waals surface area contributed by atoms with Crippen LogP contribution >= 0.6 is 0 Å². The van der Waals surface area contributed by atoms with E-state index >= 15 is 0 Å². The van der Waals surface area contributed by atoms with Gasteiger partial charge >= 0.3 is 6.09 Å². The number of amides is 2. The Hall–Kier alpha value is -2.57. The molecule has 0 spiro atoms. The Morgan fingerprint density at radius 2 is 1.86 bits per heavy atom. The van der Waals surface area contributed by atoms with Crippen LogP contribution in [0, 0.1) is 29.6 Å². The van der Waals surface area contributed by atoms with Crippen LogP contribution in [0.3, 0.4) is 0 Å². The molecular weight excluding hydrogens is 368 g/mol. The molecule has 4 saturated carbocycles. The van der Waals surface area contributed by atoms with Crippen LogP contribution in [-0.2, 0) is 11.3 Å². The fourth-order valence-electron chi connectivity index (χ4n) is 6.30. The van der Waals surface area contributed by atoms with Gasteiger partial charge in [0.25, 0.3) is 0 Å². The first-order valence-electron chi connectivity index (χ1n) is 10.7. The van der Waals surface area contributed by atoms with Crippen LogP contribution in [-0.4, -0.2) is 39.0 Å². The maximum absolute atomic E-state index is 12.8. The van der Waals surface area contributed by atoms with Crippen LogP contribution in [0.25, 0.3) is 11.0 Å². The van der Waals surface area contributed by atoms with E-state index < -0.39 is 6.09 Å². The van der Waals surface area contributed by atoms with Gasteiger partial charge in [0.05, 0.1) is 17.6 Å². The number of hydrogen-bond acceptors (Lipinski definition) is 3. The molecule has 0 unspecified atom stereocenters. The molecule has 0 radical (unpaired) electrons. The number of anilines is 1. The highest BCUT2D eigenvalue weighted by atomic mass is 16.4. The van der Waals surface area contributed by atoms with E-state index in [-0.39, 0.29) is 12.5 Å². The van der Waals surface area contributed by atoms with Crippen molar-refractivity contribution in [1.29, 1.82) is 0 Å². The number of aromatic nitrogens is 2. The van der Waals surface area contributed by atoms with Gasteiger partial charge < -0.3 is 20.3 Å². The van der Waals surface area contributed by atoms with Gasteiger partial charge in [-0.25, -0.2) is 9.78 Å². The van der Waals surface area contributed by atoms with Crippen LogP contribution in [0.2, 0.25) is 0 Å². The molecule has 3 N–H and O–H groups in total. The molecule has 0 saturated heterocycles. The Bertz CT molecular complexity index is 925. The number of rotatable bonds is 5. The summed E-state index contributed by atoms with van der Waals surface area (Å²) in [5.74, 6) is 4.59. The maximum atomic E-state index is 12.8. The third-order valence-electron chi connectivity index (χ3n) is 7.37. The van der Waals surface area contributed by atoms with Crippen molar-refractivity contribution < 1.29 is 14.7 Å². The molecule has 2 amide bonds. The van der Waals surface area contributed by atoms with Crippen molar-refractivity contribution in [2.24, 2.45) is 29.6 Å². The lowest BCUT2D eigenvalue weighted by Crippen LogP contribution is -2.46. The summed E-state index contributed by atoms with van der Waals surface area (Å²) >= 11 is 0. The van der Waals surface area contributed by atoms with Gasteiger partial charge in [-0.1, -0.05) is 0 Å². The number of hydrogen-bond donors (Lipinski definition) is 3. The van der Waals surface area contributed by atoms with Crippen LogP contribution in [0.5, 0.6) is 0 Å². The first-order valence-corrected chi connectivity index (χ1v) is 10.7. The van der Waals surface area contributed by atoms with Crippen LogP contribution in [0.15, 0.2) is 18.2 Å². The molecule has 4 aliphatic carbocycles. The second kappa shape index (κ2) is 7.04. The summed E-state index contributed by atoms with van der Waals surface area (Å²) in [5.41, 5.74) is 2.32. The van der Waals surface area contributed by atoms with E-state index in [1.807, 2.05) is 18.2 Å². The maximum Gasteiger partial charge on any atom is 0.407 e. The number of aromatic amines is 1. The first-order chi connectivity index (χ1) is 13.9. The molecule has 4 bridgehead atoms. The summed E-state index contributed by atoms with van der Waals surface area (Å²) < 4.78 is 0. The number of nitrogens with zero attached hydrogens (tertiary/aromatic N) is 2. The van der Waals surface area contributed by atoms with Gasteiger partial charge in [-0.05, 0) is 79.9 Å². The second-order valence-corrected chi connectivity index (χ2v) is 9.40. The minimum atomic E-state index is -0.997. The average Bonchev–Trinajstić information content (AvgIpc) is 3.05. The predicted octanol–water partition coefficient (Wildman–Crippen LogP) is 4.07. The molecule has 7 nitrogen and oxygen atoms in total. The Morgan fingerprint density at radius 3 is 2.52 bits per heavy atom. The number of carboxylic acid groups (broad SMARTS) is 1. The van der Waals surface area contributed by atoms with Crippen molar-refractivity contribution in [2.45, 2.75) is 45.1 Å². The first kappa shape index (κ1) is 18.5. The molecule has 7 heteroatoms. The summed E-state index contributed by atoms with van der Waals surface area (Å²) in [6, 6.07) is 5.60. The van der Waals surface area contributed by atoms with Gasteiger partial charge in [-0.15, -0.1) is 0 Å². The largest absolute Gasteiger partial charge is 0.465 e. The summed E-state index contributed by atoms with van der Waals surface area (Å²) in [6.07, 6.45) is 6.39. The number of nitrogens with one attached hydrogen (secondary N) is 2. The van der Waals surface area contributed by atoms with E-state index in [4.69, 9.17) is 5.11 Å². The summed E-state index contributed by atoms with van der Waals surface area (Å²) in [7, 11) is 1.51. The van der Waals surface area contributed by atoms with Crippen molar-refractivity contribution in [2.75, 3.05) is 12.4 Å². The Kier molecular flexibility index (Phi) is 4.48. The Labute approximate surface area is 169 Å². The molecule has 2 aromatic rings. The highest BCUT2D eigenvalue weighted by Crippen LogP contribution is 2.57. The monoisotopic (exact) mass is 396 g/mol. The molecule has 1 aromatic heterocycles. The number of carbonyl (C=O) groups is 2. The quantitative estimate of drug-likeness (QED) is 0.709. The molecule has 154 valence electrons. The van der Waals surface area contributed by atoms with Gasteiger partial charge in [-0.2, -0.15) is 0 Å². The fraction of sp³-hybridized carbons (Fsp3) is 0.591.